The number of nitrogens with zero attached hydrogens (tertiary/aromatic N) is 3. The summed E-state index contributed by atoms with van der Waals surface area (Å²) in [6.45, 7) is 3.56. The van der Waals surface area contributed by atoms with Gasteiger partial charge >= 0.3 is 0 Å². The molecule has 1 atom stereocenters. The van der Waals surface area contributed by atoms with E-state index < -0.39 is 11.6 Å². The van der Waals surface area contributed by atoms with Gasteiger partial charge in [0, 0.05) is 29.9 Å². The largest absolute Gasteiger partial charge is 0.324 e. The fraction of sp³-hybridized carbons (Fsp3) is 0.290. The minimum absolute atomic E-state index is 0.0845. The van der Waals surface area contributed by atoms with Gasteiger partial charge < -0.3 is 10.2 Å². The van der Waals surface area contributed by atoms with Crippen LogP contribution in [0.5, 0.6) is 0 Å². The van der Waals surface area contributed by atoms with Gasteiger partial charge in [0.05, 0.1) is 5.69 Å². The predicted molar refractivity (Wildman–Crippen MR) is 143 cm³/mol. The standard InChI is InChI=1S/C31H30F2N4/c32-28-13-10-22(19-29(28)33)27-18-23-20-34-31(36-30(23)26-7-3-2-6-25(26)27)35-24-11-8-21(9-12-24)14-17-37-15-4-1-5-16-37/h2-3,6-13,19-20,27H,1,4-5,14-18H2,(H,34,35,36). The average molecular weight is 497 g/mol. The van der Waals surface area contributed by atoms with Crippen molar-refractivity contribution in [3.8, 4) is 11.3 Å². The Hall–Kier alpha value is -3.64. The fourth-order valence-electron chi connectivity index (χ4n) is 5.58. The predicted octanol–water partition coefficient (Wildman–Crippen LogP) is 6.88. The van der Waals surface area contributed by atoms with Crippen LogP contribution in [0.1, 0.15) is 47.4 Å². The van der Waals surface area contributed by atoms with E-state index in [2.05, 4.69) is 39.5 Å². The van der Waals surface area contributed by atoms with E-state index >= 15 is 0 Å². The molecule has 0 bridgehead atoms. The maximum atomic E-state index is 14.0. The SMILES string of the molecule is Fc1ccc(C2Cc3cnc(Nc4ccc(CCN5CCCCC5)cc4)nc3-c3ccccc32)cc1F. The van der Waals surface area contributed by atoms with Crippen molar-refractivity contribution in [2.24, 2.45) is 0 Å². The lowest BCUT2D eigenvalue weighted by molar-refractivity contribution is 0.231. The van der Waals surface area contributed by atoms with Crippen LogP contribution in [0.4, 0.5) is 20.4 Å². The van der Waals surface area contributed by atoms with E-state index in [1.54, 1.807) is 6.07 Å². The lowest BCUT2D eigenvalue weighted by Crippen LogP contribution is -2.31. The Morgan fingerprint density at radius 2 is 1.70 bits per heavy atom. The molecular weight excluding hydrogens is 466 g/mol. The number of hydrogen-bond donors (Lipinski definition) is 1. The smallest absolute Gasteiger partial charge is 0.227 e. The Morgan fingerprint density at radius 3 is 2.51 bits per heavy atom. The molecule has 0 radical (unpaired) electrons. The monoisotopic (exact) mass is 496 g/mol. The van der Waals surface area contributed by atoms with Gasteiger partial charge in [0.2, 0.25) is 5.95 Å². The molecule has 3 aromatic carbocycles. The van der Waals surface area contributed by atoms with Gasteiger partial charge in [0.1, 0.15) is 0 Å². The number of fused-ring (bicyclic) bond motifs is 3. The second kappa shape index (κ2) is 10.4. The molecule has 0 spiro atoms. The third-order valence-electron chi connectivity index (χ3n) is 7.60. The van der Waals surface area contributed by atoms with Gasteiger partial charge in [-0.15, -0.1) is 0 Å². The number of benzene rings is 3. The van der Waals surface area contributed by atoms with E-state index in [0.717, 1.165) is 46.6 Å². The van der Waals surface area contributed by atoms with E-state index in [9.17, 15) is 8.78 Å². The quantitative estimate of drug-likeness (QED) is 0.316. The van der Waals surface area contributed by atoms with Crippen LogP contribution in [0.25, 0.3) is 11.3 Å². The molecule has 1 fully saturated rings. The Kier molecular flexibility index (Phi) is 6.66. The first-order chi connectivity index (χ1) is 18.1. The molecule has 4 aromatic rings. The van der Waals surface area contributed by atoms with Gasteiger partial charge in [-0.3, -0.25) is 0 Å². The zero-order chi connectivity index (χ0) is 25.2. The number of anilines is 2. The lowest BCUT2D eigenvalue weighted by Gasteiger charge is -2.27. The van der Waals surface area contributed by atoms with Crippen LogP contribution < -0.4 is 5.32 Å². The fourth-order valence-corrected chi connectivity index (χ4v) is 5.58. The number of likely N-dealkylation sites (tertiary alicyclic amines) is 1. The molecule has 1 aliphatic heterocycles. The Morgan fingerprint density at radius 1 is 0.892 bits per heavy atom. The summed E-state index contributed by atoms with van der Waals surface area (Å²) in [5.41, 5.74) is 6.96. The van der Waals surface area contributed by atoms with Gasteiger partial charge in [-0.05, 0) is 85.3 Å². The van der Waals surface area contributed by atoms with E-state index in [1.807, 2.05) is 30.5 Å². The van der Waals surface area contributed by atoms with Crippen molar-refractivity contribution in [3.63, 3.8) is 0 Å². The maximum Gasteiger partial charge on any atom is 0.227 e. The van der Waals surface area contributed by atoms with Crippen LogP contribution in [0.15, 0.2) is 72.9 Å². The van der Waals surface area contributed by atoms with Crippen LogP contribution in [0.3, 0.4) is 0 Å². The van der Waals surface area contributed by atoms with Crippen molar-refractivity contribution in [2.45, 2.75) is 38.0 Å². The van der Waals surface area contributed by atoms with Crippen molar-refractivity contribution in [3.05, 3.63) is 107 Å². The molecule has 6 heteroatoms. The molecule has 4 nitrogen and oxygen atoms in total. The van der Waals surface area contributed by atoms with Crippen LogP contribution >= 0.6 is 0 Å². The number of piperidine rings is 1. The number of hydrogen-bond acceptors (Lipinski definition) is 4. The Bertz CT molecular complexity index is 1400. The third kappa shape index (κ3) is 5.12. The van der Waals surface area contributed by atoms with Gasteiger partial charge in [-0.1, -0.05) is 48.9 Å². The zero-order valence-electron chi connectivity index (χ0n) is 20.8. The van der Waals surface area contributed by atoms with E-state index in [-0.39, 0.29) is 5.92 Å². The summed E-state index contributed by atoms with van der Waals surface area (Å²) in [6.07, 6.45) is 7.54. The number of halogens is 2. The Balaban J connectivity index is 1.20. The van der Waals surface area contributed by atoms with Crippen molar-refractivity contribution < 1.29 is 8.78 Å². The van der Waals surface area contributed by atoms with Crippen molar-refractivity contribution in [1.29, 1.82) is 0 Å². The molecular formula is C31H30F2N4. The molecule has 188 valence electrons. The molecule has 1 aromatic heterocycles. The summed E-state index contributed by atoms with van der Waals surface area (Å²) in [4.78, 5) is 12.0. The molecule has 2 aliphatic rings. The highest BCUT2D eigenvalue weighted by molar-refractivity contribution is 5.73. The van der Waals surface area contributed by atoms with E-state index in [4.69, 9.17) is 4.98 Å². The first-order valence-electron chi connectivity index (χ1n) is 13.1. The van der Waals surface area contributed by atoms with Crippen molar-refractivity contribution in [1.82, 2.24) is 14.9 Å². The second-order valence-electron chi connectivity index (χ2n) is 10.1. The number of nitrogens with one attached hydrogen (secondary N) is 1. The molecule has 1 saturated heterocycles. The normalized spacial score (nSPS) is 17.2. The molecule has 1 unspecified atom stereocenters. The molecule has 1 N–H and O–H groups in total. The highest BCUT2D eigenvalue weighted by Crippen LogP contribution is 2.42. The average Bonchev–Trinajstić information content (AvgIpc) is 2.94. The summed E-state index contributed by atoms with van der Waals surface area (Å²) in [6, 6.07) is 20.7. The molecule has 1 aliphatic carbocycles. The summed E-state index contributed by atoms with van der Waals surface area (Å²) >= 11 is 0. The van der Waals surface area contributed by atoms with Gasteiger partial charge in [0.15, 0.2) is 11.6 Å². The second-order valence-corrected chi connectivity index (χ2v) is 10.1. The highest BCUT2D eigenvalue weighted by atomic mass is 19.2. The first kappa shape index (κ1) is 23.7. The lowest BCUT2D eigenvalue weighted by atomic mass is 9.78. The van der Waals surface area contributed by atoms with Crippen LogP contribution in [-0.4, -0.2) is 34.5 Å². The van der Waals surface area contributed by atoms with Crippen LogP contribution in [0.2, 0.25) is 0 Å². The van der Waals surface area contributed by atoms with E-state index in [1.165, 1.54) is 50.0 Å². The summed E-state index contributed by atoms with van der Waals surface area (Å²) in [5, 5.41) is 3.35. The van der Waals surface area contributed by atoms with Crippen molar-refractivity contribution in [2.75, 3.05) is 25.0 Å². The molecule has 0 saturated carbocycles. The van der Waals surface area contributed by atoms with Gasteiger partial charge in [0.25, 0.3) is 0 Å². The maximum absolute atomic E-state index is 14.0. The third-order valence-corrected chi connectivity index (χ3v) is 7.60. The summed E-state index contributed by atoms with van der Waals surface area (Å²) in [5.74, 6) is -1.20. The summed E-state index contributed by atoms with van der Waals surface area (Å²) in [7, 11) is 0. The van der Waals surface area contributed by atoms with Crippen LogP contribution in [-0.2, 0) is 12.8 Å². The minimum Gasteiger partial charge on any atom is -0.324 e. The topological polar surface area (TPSA) is 41.1 Å². The molecule has 37 heavy (non-hydrogen) atoms. The molecule has 0 amide bonds. The van der Waals surface area contributed by atoms with Gasteiger partial charge in [-0.25, -0.2) is 18.7 Å². The number of rotatable bonds is 6. The van der Waals surface area contributed by atoms with Crippen molar-refractivity contribution >= 4 is 11.6 Å². The highest BCUT2D eigenvalue weighted by Gasteiger charge is 2.28. The number of aromatic nitrogens is 2. The summed E-state index contributed by atoms with van der Waals surface area (Å²) < 4.78 is 27.6. The Labute approximate surface area is 216 Å². The van der Waals surface area contributed by atoms with Gasteiger partial charge in [-0.2, -0.15) is 0 Å². The molecule has 6 rings (SSSR count). The zero-order valence-corrected chi connectivity index (χ0v) is 20.8. The first-order valence-corrected chi connectivity index (χ1v) is 13.1. The van der Waals surface area contributed by atoms with Crippen LogP contribution in [0, 0.1) is 11.6 Å². The molecule has 2 heterocycles. The minimum atomic E-state index is -0.831. The van der Waals surface area contributed by atoms with E-state index in [0.29, 0.717) is 12.4 Å².